The first kappa shape index (κ1) is 17.5. The highest BCUT2D eigenvalue weighted by atomic mass is 79.9. The predicted octanol–water partition coefficient (Wildman–Crippen LogP) is 5.41. The molecule has 27 heavy (non-hydrogen) atoms. The Morgan fingerprint density at radius 1 is 1.04 bits per heavy atom. The fraction of sp³-hybridized carbons (Fsp3) is 0.0909. The van der Waals surface area contributed by atoms with E-state index in [4.69, 9.17) is 4.98 Å². The van der Waals surface area contributed by atoms with Crippen molar-refractivity contribution >= 4 is 38.6 Å². The fourth-order valence-electron chi connectivity index (χ4n) is 3.15. The molecular weight excluding hydrogens is 402 g/mol. The van der Waals surface area contributed by atoms with Gasteiger partial charge in [-0.1, -0.05) is 57.9 Å². The highest BCUT2D eigenvalue weighted by molar-refractivity contribution is 9.10. The normalized spacial score (nSPS) is 10.9. The Balaban J connectivity index is 1.71. The zero-order chi connectivity index (χ0) is 18.8. The first-order chi connectivity index (χ1) is 13.1. The molecule has 0 aliphatic heterocycles. The summed E-state index contributed by atoms with van der Waals surface area (Å²) in [5, 5.41) is 2.96. The van der Waals surface area contributed by atoms with Gasteiger partial charge >= 0.3 is 0 Å². The van der Waals surface area contributed by atoms with E-state index in [1.807, 2.05) is 65.2 Å². The Morgan fingerprint density at radius 3 is 2.67 bits per heavy atom. The zero-order valence-corrected chi connectivity index (χ0v) is 16.4. The number of halogens is 1. The van der Waals surface area contributed by atoms with E-state index >= 15 is 0 Å². The second-order valence-electron chi connectivity index (χ2n) is 6.44. The van der Waals surface area contributed by atoms with Gasteiger partial charge in [0.25, 0.3) is 0 Å². The number of imidazole rings is 1. The van der Waals surface area contributed by atoms with Crippen molar-refractivity contribution in [3.63, 3.8) is 0 Å². The first-order valence-corrected chi connectivity index (χ1v) is 9.47. The van der Waals surface area contributed by atoms with E-state index in [1.165, 1.54) is 0 Å². The average Bonchev–Trinajstić information content (AvgIpc) is 3.00. The highest BCUT2D eigenvalue weighted by Crippen LogP contribution is 2.25. The molecule has 134 valence electrons. The maximum absolute atomic E-state index is 12.7. The lowest BCUT2D eigenvalue weighted by Crippen LogP contribution is -2.19. The number of fused-ring (bicyclic) bond motifs is 1. The molecule has 0 aliphatic rings. The van der Waals surface area contributed by atoms with Crippen LogP contribution < -0.4 is 5.32 Å². The first-order valence-electron chi connectivity index (χ1n) is 8.68. The second-order valence-corrected chi connectivity index (χ2v) is 7.35. The molecule has 0 saturated carbocycles. The number of para-hydroxylation sites is 2. The molecule has 1 aromatic heterocycles. The third-order valence-electron chi connectivity index (χ3n) is 4.34. The lowest BCUT2D eigenvalue weighted by atomic mass is 10.1. The molecule has 5 heteroatoms. The van der Waals surface area contributed by atoms with Crippen molar-refractivity contribution in [2.45, 2.75) is 13.5 Å². The standard InChI is InChI=1S/C22H18BrN3O/c1-15-6-4-7-16(12-15)22-25-19-10-2-3-11-20(19)26(22)14-21(27)24-18-9-5-8-17(23)13-18/h2-13H,14H2,1H3,(H,24,27). The van der Waals surface area contributed by atoms with E-state index in [9.17, 15) is 4.79 Å². The van der Waals surface area contributed by atoms with Crippen LogP contribution in [0.5, 0.6) is 0 Å². The van der Waals surface area contributed by atoms with Crippen LogP contribution in [-0.2, 0) is 11.3 Å². The molecule has 4 nitrogen and oxygen atoms in total. The molecule has 0 fully saturated rings. The smallest absolute Gasteiger partial charge is 0.244 e. The summed E-state index contributed by atoms with van der Waals surface area (Å²) in [6.45, 7) is 2.24. The lowest BCUT2D eigenvalue weighted by molar-refractivity contribution is -0.116. The molecule has 4 rings (SSSR count). The minimum atomic E-state index is -0.0924. The number of carbonyl (C=O) groups is 1. The number of rotatable bonds is 4. The summed E-state index contributed by atoms with van der Waals surface area (Å²) in [7, 11) is 0. The number of amides is 1. The molecule has 0 spiro atoms. The van der Waals surface area contributed by atoms with Crippen molar-refractivity contribution in [1.29, 1.82) is 0 Å². The summed E-state index contributed by atoms with van der Waals surface area (Å²) < 4.78 is 2.89. The Hall–Kier alpha value is -2.92. The van der Waals surface area contributed by atoms with Gasteiger partial charge in [-0.3, -0.25) is 4.79 Å². The van der Waals surface area contributed by atoms with Crippen molar-refractivity contribution in [3.8, 4) is 11.4 Å². The van der Waals surface area contributed by atoms with Crippen LogP contribution in [0.2, 0.25) is 0 Å². The number of benzene rings is 3. The summed E-state index contributed by atoms with van der Waals surface area (Å²) in [4.78, 5) is 17.5. The molecule has 0 saturated heterocycles. The Morgan fingerprint density at radius 2 is 1.85 bits per heavy atom. The second kappa shape index (κ2) is 7.37. The van der Waals surface area contributed by atoms with Gasteiger partial charge < -0.3 is 9.88 Å². The quantitative estimate of drug-likeness (QED) is 0.480. The minimum absolute atomic E-state index is 0.0924. The van der Waals surface area contributed by atoms with E-state index in [2.05, 4.69) is 40.3 Å². The molecule has 0 unspecified atom stereocenters. The zero-order valence-electron chi connectivity index (χ0n) is 14.8. The molecule has 1 N–H and O–H groups in total. The summed E-state index contributed by atoms with van der Waals surface area (Å²) >= 11 is 3.43. The van der Waals surface area contributed by atoms with Gasteiger partial charge in [-0.05, 0) is 43.3 Å². The molecular formula is C22H18BrN3O. The van der Waals surface area contributed by atoms with Gasteiger partial charge in [-0.2, -0.15) is 0 Å². The average molecular weight is 420 g/mol. The Labute approximate surface area is 166 Å². The van der Waals surface area contributed by atoms with Crippen LogP contribution >= 0.6 is 15.9 Å². The third kappa shape index (κ3) is 3.78. The van der Waals surface area contributed by atoms with E-state index in [0.29, 0.717) is 0 Å². The minimum Gasteiger partial charge on any atom is -0.324 e. The number of nitrogens with zero attached hydrogens (tertiary/aromatic N) is 2. The topological polar surface area (TPSA) is 46.9 Å². The molecule has 0 aliphatic carbocycles. The van der Waals surface area contributed by atoms with Gasteiger partial charge in [0.05, 0.1) is 11.0 Å². The summed E-state index contributed by atoms with van der Waals surface area (Å²) in [5.41, 5.74) is 4.74. The highest BCUT2D eigenvalue weighted by Gasteiger charge is 2.15. The van der Waals surface area contributed by atoms with Crippen molar-refractivity contribution in [2.75, 3.05) is 5.32 Å². The Bertz CT molecular complexity index is 1130. The maximum atomic E-state index is 12.7. The van der Waals surface area contributed by atoms with Crippen LogP contribution in [0.4, 0.5) is 5.69 Å². The van der Waals surface area contributed by atoms with Crippen LogP contribution in [0.15, 0.2) is 77.3 Å². The van der Waals surface area contributed by atoms with Gasteiger partial charge in [-0.25, -0.2) is 4.98 Å². The molecule has 0 radical (unpaired) electrons. The summed E-state index contributed by atoms with van der Waals surface area (Å²) in [6.07, 6.45) is 0. The van der Waals surface area contributed by atoms with Gasteiger partial charge in [0.2, 0.25) is 5.91 Å². The van der Waals surface area contributed by atoms with Gasteiger partial charge in [0.15, 0.2) is 0 Å². The number of anilines is 1. The lowest BCUT2D eigenvalue weighted by Gasteiger charge is -2.11. The SMILES string of the molecule is Cc1cccc(-c2nc3ccccc3n2CC(=O)Nc2cccc(Br)c2)c1. The van der Waals surface area contributed by atoms with Crippen LogP contribution in [0.3, 0.4) is 0 Å². The molecule has 4 aromatic rings. The van der Waals surface area contributed by atoms with Gasteiger partial charge in [0.1, 0.15) is 12.4 Å². The van der Waals surface area contributed by atoms with E-state index in [0.717, 1.165) is 38.1 Å². The van der Waals surface area contributed by atoms with Crippen LogP contribution in [0.25, 0.3) is 22.4 Å². The summed E-state index contributed by atoms with van der Waals surface area (Å²) in [5.74, 6) is 0.703. The fourth-order valence-corrected chi connectivity index (χ4v) is 3.55. The maximum Gasteiger partial charge on any atom is 0.244 e. The molecule has 1 heterocycles. The van der Waals surface area contributed by atoms with Crippen molar-refractivity contribution in [1.82, 2.24) is 9.55 Å². The number of hydrogen-bond donors (Lipinski definition) is 1. The van der Waals surface area contributed by atoms with Crippen molar-refractivity contribution in [3.05, 3.63) is 82.8 Å². The Kier molecular flexibility index (Phi) is 4.77. The third-order valence-corrected chi connectivity index (χ3v) is 4.83. The van der Waals surface area contributed by atoms with Gasteiger partial charge in [0, 0.05) is 15.7 Å². The number of aromatic nitrogens is 2. The van der Waals surface area contributed by atoms with Crippen LogP contribution in [0.1, 0.15) is 5.56 Å². The van der Waals surface area contributed by atoms with Crippen molar-refractivity contribution in [2.24, 2.45) is 0 Å². The van der Waals surface area contributed by atoms with E-state index in [-0.39, 0.29) is 12.5 Å². The molecule has 0 atom stereocenters. The van der Waals surface area contributed by atoms with Gasteiger partial charge in [-0.15, -0.1) is 0 Å². The number of carbonyl (C=O) groups excluding carboxylic acids is 1. The predicted molar refractivity (Wildman–Crippen MR) is 113 cm³/mol. The molecule has 1 amide bonds. The number of hydrogen-bond acceptors (Lipinski definition) is 2. The van der Waals surface area contributed by atoms with Crippen LogP contribution in [-0.4, -0.2) is 15.5 Å². The number of nitrogens with one attached hydrogen (secondary N) is 1. The summed E-state index contributed by atoms with van der Waals surface area (Å²) in [6, 6.07) is 23.6. The van der Waals surface area contributed by atoms with Crippen LogP contribution in [0, 0.1) is 6.92 Å². The molecule has 3 aromatic carbocycles. The largest absolute Gasteiger partial charge is 0.324 e. The molecule has 0 bridgehead atoms. The van der Waals surface area contributed by atoms with Crippen molar-refractivity contribution < 1.29 is 4.79 Å². The monoisotopic (exact) mass is 419 g/mol. The number of aryl methyl sites for hydroxylation is 1. The van der Waals surface area contributed by atoms with E-state index < -0.39 is 0 Å². The van der Waals surface area contributed by atoms with E-state index in [1.54, 1.807) is 0 Å².